The summed E-state index contributed by atoms with van der Waals surface area (Å²) in [6, 6.07) is 0. The van der Waals surface area contributed by atoms with Crippen LogP contribution in [0.25, 0.3) is 0 Å². The second kappa shape index (κ2) is 21.9. The first-order valence-corrected chi connectivity index (χ1v) is 14.6. The van der Waals surface area contributed by atoms with Crippen LogP contribution >= 0.6 is 0 Å². The Morgan fingerprint density at radius 2 is 1.15 bits per heavy atom. The van der Waals surface area contributed by atoms with E-state index in [0.29, 0.717) is 25.6 Å². The number of rotatable bonds is 22. The quantitative estimate of drug-likeness (QED) is 0.118. The molecule has 0 spiro atoms. The molecular weight excluding hydrogens is 412 g/mol. The van der Waals surface area contributed by atoms with Crippen LogP contribution in [0, 0.1) is 5.92 Å². The Balaban J connectivity index is 1.89. The van der Waals surface area contributed by atoms with Crippen molar-refractivity contribution >= 4 is 5.97 Å². The third-order valence-electron chi connectivity index (χ3n) is 7.01. The van der Waals surface area contributed by atoms with Crippen LogP contribution < -0.4 is 0 Å². The molecule has 1 heterocycles. The molecule has 0 N–H and O–H groups in total. The first kappa shape index (κ1) is 30.4. The van der Waals surface area contributed by atoms with Crippen molar-refractivity contribution in [3.8, 4) is 0 Å². The van der Waals surface area contributed by atoms with Gasteiger partial charge in [-0.15, -0.1) is 0 Å². The highest BCUT2D eigenvalue weighted by atomic mass is 16.7. The highest BCUT2D eigenvalue weighted by molar-refractivity contribution is 5.69. The molecule has 1 saturated heterocycles. The average Bonchev–Trinajstić information content (AvgIpc) is 2.83. The minimum absolute atomic E-state index is 0.0987. The number of carbonyl (C=O) groups excluding carboxylic acids is 1. The van der Waals surface area contributed by atoms with Gasteiger partial charge < -0.3 is 14.2 Å². The molecular formula is C29H56O4. The summed E-state index contributed by atoms with van der Waals surface area (Å²) in [4.78, 5) is 12.1. The van der Waals surface area contributed by atoms with Gasteiger partial charge in [-0.2, -0.15) is 0 Å². The van der Waals surface area contributed by atoms with Gasteiger partial charge in [0.2, 0.25) is 0 Å². The van der Waals surface area contributed by atoms with E-state index in [9.17, 15) is 4.79 Å². The van der Waals surface area contributed by atoms with Crippen molar-refractivity contribution in [1.82, 2.24) is 0 Å². The summed E-state index contributed by atoms with van der Waals surface area (Å²) in [6.07, 6.45) is 24.8. The molecule has 0 radical (unpaired) electrons. The Kier molecular flexibility index (Phi) is 20.2. The van der Waals surface area contributed by atoms with Crippen molar-refractivity contribution in [1.29, 1.82) is 0 Å². The number of unbranched alkanes of at least 4 members (excludes halogenated alkanes) is 15. The summed E-state index contributed by atoms with van der Waals surface area (Å²) < 4.78 is 17.3. The average molecular weight is 469 g/mol. The van der Waals surface area contributed by atoms with Gasteiger partial charge in [0.05, 0.1) is 13.2 Å². The Morgan fingerprint density at radius 1 is 0.697 bits per heavy atom. The van der Waals surface area contributed by atoms with Gasteiger partial charge in [-0.05, 0) is 19.3 Å². The van der Waals surface area contributed by atoms with Crippen LogP contribution in [0.5, 0.6) is 0 Å². The maximum absolute atomic E-state index is 12.1. The minimum Gasteiger partial charge on any atom is -0.457 e. The molecule has 0 aromatic rings. The molecule has 0 bridgehead atoms. The maximum atomic E-state index is 12.1. The number of hydrogen-bond donors (Lipinski definition) is 0. The standard InChI is InChI=1S/C29H56O4/c1-4-7-9-10-11-12-13-14-15-16-17-18-19-20-21-23-28(30)33-27-24-31-29(32-25-27)26(6-3)22-8-5-2/h26-27,29H,4-25H2,1-3H3. The molecule has 1 atom stereocenters. The second-order valence-corrected chi connectivity index (χ2v) is 10.2. The molecule has 0 aliphatic carbocycles. The number of hydrogen-bond acceptors (Lipinski definition) is 4. The Bertz CT molecular complexity index is 431. The lowest BCUT2D eigenvalue weighted by Gasteiger charge is -2.33. The predicted molar refractivity (Wildman–Crippen MR) is 138 cm³/mol. The lowest BCUT2D eigenvalue weighted by molar-refractivity contribution is -0.245. The van der Waals surface area contributed by atoms with E-state index >= 15 is 0 Å². The van der Waals surface area contributed by atoms with E-state index in [2.05, 4.69) is 20.8 Å². The van der Waals surface area contributed by atoms with E-state index in [-0.39, 0.29) is 18.4 Å². The summed E-state index contributed by atoms with van der Waals surface area (Å²) in [5.41, 5.74) is 0. The van der Waals surface area contributed by atoms with Crippen LogP contribution in [0.2, 0.25) is 0 Å². The molecule has 1 aliphatic rings. The third kappa shape index (κ3) is 16.6. The van der Waals surface area contributed by atoms with E-state index < -0.39 is 0 Å². The van der Waals surface area contributed by atoms with Gasteiger partial charge in [-0.1, -0.05) is 124 Å². The lowest BCUT2D eigenvalue weighted by atomic mass is 9.98. The maximum Gasteiger partial charge on any atom is 0.306 e. The summed E-state index contributed by atoms with van der Waals surface area (Å²) in [5.74, 6) is 0.347. The van der Waals surface area contributed by atoms with Crippen molar-refractivity contribution in [3.05, 3.63) is 0 Å². The van der Waals surface area contributed by atoms with E-state index in [0.717, 1.165) is 25.7 Å². The lowest BCUT2D eigenvalue weighted by Crippen LogP contribution is -2.41. The largest absolute Gasteiger partial charge is 0.457 e. The molecule has 1 fully saturated rings. The molecule has 0 aromatic carbocycles. The van der Waals surface area contributed by atoms with Gasteiger partial charge in [0.25, 0.3) is 0 Å². The highest BCUT2D eigenvalue weighted by Crippen LogP contribution is 2.24. The Hall–Kier alpha value is -0.610. The van der Waals surface area contributed by atoms with Crippen LogP contribution in [-0.4, -0.2) is 31.6 Å². The van der Waals surface area contributed by atoms with Crippen molar-refractivity contribution in [2.45, 2.75) is 162 Å². The molecule has 0 aromatic heterocycles. The predicted octanol–water partition coefficient (Wildman–Crippen LogP) is 8.75. The van der Waals surface area contributed by atoms with Crippen LogP contribution in [0.4, 0.5) is 0 Å². The Morgan fingerprint density at radius 3 is 1.61 bits per heavy atom. The molecule has 1 rings (SSSR count). The first-order chi connectivity index (χ1) is 16.2. The van der Waals surface area contributed by atoms with Crippen LogP contribution in [0.3, 0.4) is 0 Å². The number of carbonyl (C=O) groups is 1. The summed E-state index contributed by atoms with van der Waals surface area (Å²) in [6.45, 7) is 7.62. The third-order valence-corrected chi connectivity index (χ3v) is 7.01. The van der Waals surface area contributed by atoms with Gasteiger partial charge in [-0.25, -0.2) is 0 Å². The van der Waals surface area contributed by atoms with Crippen LogP contribution in [0.1, 0.15) is 149 Å². The van der Waals surface area contributed by atoms with E-state index in [1.165, 1.54) is 96.3 Å². The van der Waals surface area contributed by atoms with Gasteiger partial charge in [0.15, 0.2) is 6.29 Å². The van der Waals surface area contributed by atoms with Gasteiger partial charge >= 0.3 is 5.97 Å². The normalized spacial score (nSPS) is 19.5. The fourth-order valence-corrected chi connectivity index (χ4v) is 4.73. The molecule has 1 aliphatic heterocycles. The summed E-state index contributed by atoms with van der Waals surface area (Å²) >= 11 is 0. The monoisotopic (exact) mass is 468 g/mol. The van der Waals surface area contributed by atoms with E-state index in [4.69, 9.17) is 14.2 Å². The van der Waals surface area contributed by atoms with Crippen LogP contribution in [0.15, 0.2) is 0 Å². The molecule has 33 heavy (non-hydrogen) atoms. The molecule has 4 nitrogen and oxygen atoms in total. The molecule has 0 amide bonds. The van der Waals surface area contributed by atoms with Crippen molar-refractivity contribution in [2.24, 2.45) is 5.92 Å². The number of esters is 1. The summed E-state index contributed by atoms with van der Waals surface area (Å²) in [7, 11) is 0. The van der Waals surface area contributed by atoms with Gasteiger partial charge in [-0.3, -0.25) is 4.79 Å². The van der Waals surface area contributed by atoms with Gasteiger partial charge in [0, 0.05) is 12.3 Å². The van der Waals surface area contributed by atoms with Crippen LogP contribution in [-0.2, 0) is 19.0 Å². The zero-order valence-corrected chi connectivity index (χ0v) is 22.4. The molecule has 0 saturated carbocycles. The SMILES string of the molecule is CCCCCCCCCCCCCCCCCC(=O)OC1COC(C(CC)CCCC)OC1. The molecule has 4 heteroatoms. The highest BCUT2D eigenvalue weighted by Gasteiger charge is 2.29. The Labute approximate surface area is 205 Å². The molecule has 196 valence electrons. The molecule has 1 unspecified atom stereocenters. The topological polar surface area (TPSA) is 44.8 Å². The minimum atomic E-state index is -0.242. The fourth-order valence-electron chi connectivity index (χ4n) is 4.73. The van der Waals surface area contributed by atoms with Crippen molar-refractivity contribution < 1.29 is 19.0 Å². The second-order valence-electron chi connectivity index (χ2n) is 10.2. The zero-order valence-electron chi connectivity index (χ0n) is 22.4. The van der Waals surface area contributed by atoms with Crippen molar-refractivity contribution in [3.63, 3.8) is 0 Å². The van der Waals surface area contributed by atoms with Gasteiger partial charge in [0.1, 0.15) is 6.10 Å². The first-order valence-electron chi connectivity index (χ1n) is 14.6. The fraction of sp³-hybridized carbons (Fsp3) is 0.966. The smallest absolute Gasteiger partial charge is 0.306 e. The number of ether oxygens (including phenoxy) is 3. The van der Waals surface area contributed by atoms with Crippen molar-refractivity contribution in [2.75, 3.05) is 13.2 Å². The van der Waals surface area contributed by atoms with E-state index in [1.54, 1.807) is 0 Å². The van der Waals surface area contributed by atoms with E-state index in [1.807, 2.05) is 0 Å². The summed E-state index contributed by atoms with van der Waals surface area (Å²) in [5, 5.41) is 0. The zero-order chi connectivity index (χ0) is 24.0.